The Morgan fingerprint density at radius 2 is 1.80 bits per heavy atom. The Hall–Kier alpha value is -2.50. The lowest BCUT2D eigenvalue weighted by atomic mass is 10.0. The van der Waals surface area contributed by atoms with Crippen LogP contribution in [0.3, 0.4) is 0 Å². The zero-order valence-electron chi connectivity index (χ0n) is 17.0. The molecule has 1 aliphatic heterocycles. The predicted octanol–water partition coefficient (Wildman–Crippen LogP) is 4.76. The van der Waals surface area contributed by atoms with Gasteiger partial charge in [-0.3, -0.25) is 9.69 Å². The van der Waals surface area contributed by atoms with E-state index < -0.39 is 0 Å². The van der Waals surface area contributed by atoms with Crippen molar-refractivity contribution in [3.63, 3.8) is 0 Å². The summed E-state index contributed by atoms with van der Waals surface area (Å²) in [6.07, 6.45) is 5.37. The van der Waals surface area contributed by atoms with E-state index in [4.69, 9.17) is 5.10 Å². The molecule has 6 heteroatoms. The van der Waals surface area contributed by atoms with Crippen LogP contribution in [0.25, 0.3) is 10.8 Å². The number of rotatable bonds is 5. The SMILES string of the molecule is C=CCN1CCCC(n2nc(Cc3ccc(F)cc3)c3ccccc3c2=O)CC1.Cl. The molecule has 30 heavy (non-hydrogen) atoms. The molecule has 2 aromatic carbocycles. The van der Waals surface area contributed by atoms with Gasteiger partial charge >= 0.3 is 0 Å². The molecule has 0 bridgehead atoms. The number of likely N-dealkylation sites (tertiary alicyclic amines) is 1. The van der Waals surface area contributed by atoms with E-state index >= 15 is 0 Å². The summed E-state index contributed by atoms with van der Waals surface area (Å²) in [6.45, 7) is 6.67. The third kappa shape index (κ3) is 4.79. The Kier molecular flexibility index (Phi) is 7.40. The van der Waals surface area contributed by atoms with E-state index in [1.165, 1.54) is 12.1 Å². The van der Waals surface area contributed by atoms with Crippen LogP contribution in [-0.2, 0) is 6.42 Å². The van der Waals surface area contributed by atoms with Crippen molar-refractivity contribution >= 4 is 23.2 Å². The molecule has 158 valence electrons. The summed E-state index contributed by atoms with van der Waals surface area (Å²) in [5, 5.41) is 6.40. The van der Waals surface area contributed by atoms with Gasteiger partial charge in [-0.05, 0) is 49.6 Å². The minimum atomic E-state index is -0.251. The normalized spacial score (nSPS) is 17.3. The van der Waals surface area contributed by atoms with Crippen LogP contribution in [0.15, 0.2) is 66.0 Å². The molecule has 4 nitrogen and oxygen atoms in total. The molecule has 1 unspecified atom stereocenters. The van der Waals surface area contributed by atoms with Crippen molar-refractivity contribution in [2.45, 2.75) is 31.7 Å². The molecule has 3 aromatic rings. The lowest BCUT2D eigenvalue weighted by molar-refractivity contribution is 0.306. The number of nitrogens with zero attached hydrogens (tertiary/aromatic N) is 3. The molecule has 0 amide bonds. The first-order valence-electron chi connectivity index (χ1n) is 10.2. The lowest BCUT2D eigenvalue weighted by Crippen LogP contribution is -2.30. The molecule has 0 spiro atoms. The fraction of sp³-hybridized carbons (Fsp3) is 0.333. The lowest BCUT2D eigenvalue weighted by Gasteiger charge is -2.20. The van der Waals surface area contributed by atoms with Gasteiger partial charge in [-0.15, -0.1) is 19.0 Å². The van der Waals surface area contributed by atoms with E-state index in [0.717, 1.165) is 55.5 Å². The van der Waals surface area contributed by atoms with Crippen molar-refractivity contribution < 1.29 is 4.39 Å². The summed E-state index contributed by atoms with van der Waals surface area (Å²) >= 11 is 0. The second-order valence-corrected chi connectivity index (χ2v) is 7.72. The second-order valence-electron chi connectivity index (χ2n) is 7.72. The highest BCUT2D eigenvalue weighted by molar-refractivity contribution is 5.85. The molecule has 4 rings (SSSR count). The van der Waals surface area contributed by atoms with Gasteiger partial charge in [-0.1, -0.05) is 36.4 Å². The Bertz CT molecular complexity index is 1060. The minimum absolute atomic E-state index is 0. The molecule has 1 atom stereocenters. The van der Waals surface area contributed by atoms with Crippen LogP contribution in [0.5, 0.6) is 0 Å². The number of halogens is 2. The van der Waals surface area contributed by atoms with Crippen LogP contribution in [0, 0.1) is 5.82 Å². The number of aromatic nitrogens is 2. The van der Waals surface area contributed by atoms with Crippen molar-refractivity contribution in [2.24, 2.45) is 0 Å². The average molecular weight is 428 g/mol. The quantitative estimate of drug-likeness (QED) is 0.551. The van der Waals surface area contributed by atoms with Gasteiger partial charge < -0.3 is 0 Å². The first-order valence-corrected chi connectivity index (χ1v) is 10.2. The van der Waals surface area contributed by atoms with Gasteiger partial charge in [-0.2, -0.15) is 5.10 Å². The molecule has 1 aliphatic rings. The molecule has 0 saturated carbocycles. The van der Waals surface area contributed by atoms with E-state index in [0.29, 0.717) is 11.8 Å². The van der Waals surface area contributed by atoms with E-state index in [2.05, 4.69) is 11.5 Å². The van der Waals surface area contributed by atoms with E-state index in [-0.39, 0.29) is 29.8 Å². The Morgan fingerprint density at radius 3 is 2.53 bits per heavy atom. The number of hydrogen-bond donors (Lipinski definition) is 0. The van der Waals surface area contributed by atoms with Crippen molar-refractivity contribution in [1.29, 1.82) is 0 Å². The predicted molar refractivity (Wildman–Crippen MR) is 122 cm³/mol. The summed E-state index contributed by atoms with van der Waals surface area (Å²) in [4.78, 5) is 15.6. The smallest absolute Gasteiger partial charge is 0.274 e. The first kappa shape index (κ1) is 22.2. The van der Waals surface area contributed by atoms with E-state index in [9.17, 15) is 9.18 Å². The van der Waals surface area contributed by atoms with Crippen LogP contribution in [0.4, 0.5) is 4.39 Å². The highest BCUT2D eigenvalue weighted by Gasteiger charge is 2.21. The maximum absolute atomic E-state index is 13.3. The zero-order chi connectivity index (χ0) is 20.2. The maximum atomic E-state index is 13.3. The van der Waals surface area contributed by atoms with Crippen molar-refractivity contribution in [1.82, 2.24) is 14.7 Å². The molecular weight excluding hydrogens is 401 g/mol. The van der Waals surface area contributed by atoms with Gasteiger partial charge in [-0.25, -0.2) is 9.07 Å². The first-order chi connectivity index (χ1) is 14.2. The van der Waals surface area contributed by atoms with Gasteiger partial charge in [0.1, 0.15) is 5.82 Å². The zero-order valence-corrected chi connectivity index (χ0v) is 17.8. The van der Waals surface area contributed by atoms with Crippen LogP contribution in [0.1, 0.15) is 36.6 Å². The van der Waals surface area contributed by atoms with Gasteiger partial charge in [0.15, 0.2) is 0 Å². The largest absolute Gasteiger partial charge is 0.300 e. The Morgan fingerprint density at radius 1 is 1.07 bits per heavy atom. The molecule has 1 aromatic heterocycles. The van der Waals surface area contributed by atoms with E-state index in [1.54, 1.807) is 16.8 Å². The van der Waals surface area contributed by atoms with Crippen LogP contribution in [0.2, 0.25) is 0 Å². The topological polar surface area (TPSA) is 38.1 Å². The summed E-state index contributed by atoms with van der Waals surface area (Å²) in [5.74, 6) is -0.251. The minimum Gasteiger partial charge on any atom is -0.300 e. The van der Waals surface area contributed by atoms with Crippen LogP contribution >= 0.6 is 12.4 Å². The third-order valence-electron chi connectivity index (χ3n) is 5.71. The fourth-order valence-corrected chi connectivity index (χ4v) is 4.20. The Labute approximate surface area is 182 Å². The summed E-state index contributed by atoms with van der Waals surface area (Å²) in [6, 6.07) is 14.2. The molecule has 0 aliphatic carbocycles. The molecule has 1 fully saturated rings. The second kappa shape index (κ2) is 10.0. The number of fused-ring (bicyclic) bond motifs is 1. The van der Waals surface area contributed by atoms with Gasteiger partial charge in [0.05, 0.1) is 17.1 Å². The average Bonchev–Trinajstić information content (AvgIpc) is 2.98. The van der Waals surface area contributed by atoms with Crippen molar-refractivity contribution in [2.75, 3.05) is 19.6 Å². The third-order valence-corrected chi connectivity index (χ3v) is 5.71. The van der Waals surface area contributed by atoms with Crippen LogP contribution < -0.4 is 5.56 Å². The molecule has 2 heterocycles. The molecular formula is C24H27ClFN3O. The summed E-state index contributed by atoms with van der Waals surface area (Å²) in [5.41, 5.74) is 1.82. The standard InChI is InChI=1S/C24H26FN3O.ClH/c1-2-14-27-15-5-6-20(13-16-27)28-24(29)22-8-4-3-7-21(22)23(26-28)17-18-9-11-19(25)12-10-18;/h2-4,7-12,20H,1,5-6,13-17H2;1H. The van der Waals surface area contributed by atoms with Gasteiger partial charge in [0.2, 0.25) is 0 Å². The maximum Gasteiger partial charge on any atom is 0.274 e. The van der Waals surface area contributed by atoms with Crippen molar-refractivity contribution in [3.05, 3.63) is 88.6 Å². The molecule has 1 saturated heterocycles. The Balaban J connectivity index is 0.00000256. The van der Waals surface area contributed by atoms with Gasteiger partial charge in [0, 0.05) is 24.9 Å². The summed E-state index contributed by atoms with van der Waals surface area (Å²) in [7, 11) is 0. The van der Waals surface area contributed by atoms with Gasteiger partial charge in [0.25, 0.3) is 5.56 Å². The molecule has 0 radical (unpaired) electrons. The highest BCUT2D eigenvalue weighted by atomic mass is 35.5. The fourth-order valence-electron chi connectivity index (χ4n) is 4.20. The van der Waals surface area contributed by atoms with Crippen molar-refractivity contribution in [3.8, 4) is 0 Å². The number of benzene rings is 2. The molecule has 0 N–H and O–H groups in total. The summed E-state index contributed by atoms with van der Waals surface area (Å²) < 4.78 is 15.0. The monoisotopic (exact) mass is 427 g/mol. The van der Waals surface area contributed by atoms with Crippen LogP contribution in [-0.4, -0.2) is 34.3 Å². The van der Waals surface area contributed by atoms with E-state index in [1.807, 2.05) is 30.3 Å². The highest BCUT2D eigenvalue weighted by Crippen LogP contribution is 2.23. The number of hydrogen-bond acceptors (Lipinski definition) is 3.